The maximum Gasteiger partial charge on any atom is 0.169 e. The number of hydrogen-bond donors (Lipinski definition) is 8. The molecule has 1 aromatic heterocycles. The van der Waals surface area contributed by atoms with Crippen LogP contribution in [0.4, 0.5) is 0 Å². The van der Waals surface area contributed by atoms with Crippen LogP contribution in [0.25, 0.3) is 29.0 Å². The average Bonchev–Trinajstić information content (AvgIpc) is 4.07. The van der Waals surface area contributed by atoms with Gasteiger partial charge in [-0.3, -0.25) is 5.32 Å². The van der Waals surface area contributed by atoms with Crippen molar-refractivity contribution in [1.29, 1.82) is 0 Å². The molecule has 0 amide bonds. The predicted octanol–water partition coefficient (Wildman–Crippen LogP) is 9.80. The fourth-order valence-electron chi connectivity index (χ4n) is 14.7. The third-order valence-corrected chi connectivity index (χ3v) is 17.2. The van der Waals surface area contributed by atoms with Gasteiger partial charge in [-0.15, -0.1) is 0 Å². The van der Waals surface area contributed by atoms with Crippen molar-refractivity contribution in [3.63, 3.8) is 0 Å². The normalized spacial score (nSPS) is 32.3. The van der Waals surface area contributed by atoms with Crippen molar-refractivity contribution in [2.24, 2.45) is 28.6 Å². The number of phenolic OH excluding ortho intramolecular Hbond substituents is 5. The van der Waals surface area contributed by atoms with Gasteiger partial charge in [0, 0.05) is 34.8 Å². The van der Waals surface area contributed by atoms with Gasteiger partial charge in [0.1, 0.15) is 5.75 Å². The van der Waals surface area contributed by atoms with E-state index in [1.165, 1.54) is 72.7 Å². The van der Waals surface area contributed by atoms with Gasteiger partial charge >= 0.3 is 0 Å². The van der Waals surface area contributed by atoms with Gasteiger partial charge in [-0.25, -0.2) is 4.98 Å². The number of allylic oxidation sites excluding steroid dienone is 2. The minimum absolute atomic E-state index is 0.000170. The van der Waals surface area contributed by atoms with Gasteiger partial charge in [-0.05, 0) is 137 Å². The van der Waals surface area contributed by atoms with Crippen LogP contribution in [0.3, 0.4) is 0 Å². The van der Waals surface area contributed by atoms with Crippen molar-refractivity contribution >= 4 is 29.0 Å². The lowest BCUT2D eigenvalue weighted by Crippen LogP contribution is -2.74. The second kappa shape index (κ2) is 14.0. The van der Waals surface area contributed by atoms with E-state index in [0.717, 1.165) is 30.4 Å². The average molecular weight is 840 g/mol. The molecule has 320 valence electrons. The van der Waals surface area contributed by atoms with E-state index in [2.05, 4.69) is 71.2 Å². The molecule has 9 nitrogen and oxygen atoms in total. The molecule has 9 atom stereocenters. The molecule has 1 aliphatic heterocycles. The van der Waals surface area contributed by atoms with E-state index in [0.29, 0.717) is 46.8 Å². The molecule has 3 saturated carbocycles. The number of nitrogens with one attached hydrogen (secondary N) is 2. The number of fused-ring (bicyclic) bond motifs is 7. The van der Waals surface area contributed by atoms with Gasteiger partial charge in [0.15, 0.2) is 23.0 Å². The maximum atomic E-state index is 12.5. The van der Waals surface area contributed by atoms with Crippen LogP contribution in [0.1, 0.15) is 96.5 Å². The van der Waals surface area contributed by atoms with Crippen molar-refractivity contribution in [3.05, 3.63) is 148 Å². The fourth-order valence-corrected chi connectivity index (χ4v) is 14.7. The Hall–Kier alpha value is -6.03. The topological polar surface area (TPSA) is 162 Å². The SMILES string of the molecule is Oc1ccc(/C=C/c2c(CCc3ccc4c(c3)C=CC3=CC5=C[C@H]6CCC[C@]67CC[C@]68CCC[C@H]6C=C[C@H](O)[C@@H]8[C@]7(c6cnc[nH]6)[C@@H]5N[C@H]34)c(O)c(O)c3c(O)cccc23)cc1O. The Kier molecular flexibility index (Phi) is 8.58. The lowest BCUT2D eigenvalue weighted by Gasteiger charge is -2.70. The summed E-state index contributed by atoms with van der Waals surface area (Å²) in [5.41, 5.74) is 8.65. The molecule has 12 rings (SSSR count). The van der Waals surface area contributed by atoms with Crippen LogP contribution in [0.2, 0.25) is 0 Å². The minimum atomic E-state index is -0.541. The number of aromatic hydroxyl groups is 5. The first-order valence-electron chi connectivity index (χ1n) is 22.9. The number of imidazole rings is 1. The highest BCUT2D eigenvalue weighted by Gasteiger charge is 2.75. The van der Waals surface area contributed by atoms with E-state index in [4.69, 9.17) is 4.98 Å². The zero-order chi connectivity index (χ0) is 42.8. The zero-order valence-electron chi connectivity index (χ0n) is 35.1. The zero-order valence-corrected chi connectivity index (χ0v) is 35.1. The number of aromatic nitrogens is 2. The van der Waals surface area contributed by atoms with E-state index >= 15 is 0 Å². The monoisotopic (exact) mass is 839 g/mol. The third kappa shape index (κ3) is 5.33. The molecule has 7 aliphatic rings. The molecular weight excluding hydrogens is 787 g/mol. The Morgan fingerprint density at radius 3 is 2.51 bits per heavy atom. The summed E-state index contributed by atoms with van der Waals surface area (Å²) in [6.07, 6.45) is 31.4. The van der Waals surface area contributed by atoms with E-state index < -0.39 is 6.10 Å². The lowest BCUT2D eigenvalue weighted by molar-refractivity contribution is -0.161. The maximum absolute atomic E-state index is 12.5. The fraction of sp³-hybridized carbons (Fsp3) is 0.352. The van der Waals surface area contributed by atoms with Crippen LogP contribution >= 0.6 is 0 Å². The second-order valence-electron chi connectivity index (χ2n) is 19.6. The number of phenols is 5. The number of rotatable bonds is 6. The lowest BCUT2D eigenvalue weighted by atomic mass is 9.34. The molecule has 0 radical (unpaired) electrons. The Morgan fingerprint density at radius 2 is 1.65 bits per heavy atom. The first-order chi connectivity index (χ1) is 30.6. The Morgan fingerprint density at radius 1 is 0.778 bits per heavy atom. The molecule has 2 spiro atoms. The van der Waals surface area contributed by atoms with Crippen molar-refractivity contribution in [3.8, 4) is 28.7 Å². The molecule has 6 aliphatic carbocycles. The van der Waals surface area contributed by atoms with Crippen LogP contribution in [0.15, 0.2) is 109 Å². The van der Waals surface area contributed by atoms with Crippen molar-refractivity contribution in [2.75, 3.05) is 0 Å². The first kappa shape index (κ1) is 38.6. The Bertz CT molecular complexity index is 2870. The summed E-state index contributed by atoms with van der Waals surface area (Å²) >= 11 is 0. The van der Waals surface area contributed by atoms with E-state index in [1.807, 2.05) is 12.4 Å². The third-order valence-electron chi connectivity index (χ3n) is 17.2. The Labute approximate surface area is 366 Å². The van der Waals surface area contributed by atoms with Crippen molar-refractivity contribution in [2.45, 2.75) is 87.8 Å². The van der Waals surface area contributed by atoms with Gasteiger partial charge in [0.2, 0.25) is 0 Å². The summed E-state index contributed by atoms with van der Waals surface area (Å²) in [5, 5.41) is 71.1. The highest BCUT2D eigenvalue weighted by atomic mass is 16.3. The number of aliphatic hydroxyl groups is 1. The van der Waals surface area contributed by atoms with Crippen LogP contribution in [0.5, 0.6) is 28.7 Å². The molecule has 9 heteroatoms. The second-order valence-corrected chi connectivity index (χ2v) is 19.6. The van der Waals surface area contributed by atoms with Crippen LogP contribution in [-0.4, -0.2) is 52.8 Å². The van der Waals surface area contributed by atoms with Gasteiger partial charge in [-0.2, -0.15) is 0 Å². The number of aromatic amines is 1. The van der Waals surface area contributed by atoms with Gasteiger partial charge in [-0.1, -0.05) is 97.8 Å². The summed E-state index contributed by atoms with van der Waals surface area (Å²) in [5.74, 6) is -0.286. The number of nitrogens with zero attached hydrogens (tertiary/aromatic N) is 1. The summed E-state index contributed by atoms with van der Waals surface area (Å²) in [7, 11) is 0. The molecule has 0 unspecified atom stereocenters. The predicted molar refractivity (Wildman–Crippen MR) is 244 cm³/mol. The number of H-pyrrole nitrogens is 1. The highest BCUT2D eigenvalue weighted by molar-refractivity contribution is 6.03. The smallest absolute Gasteiger partial charge is 0.169 e. The quantitative estimate of drug-likeness (QED) is 0.0476. The van der Waals surface area contributed by atoms with Crippen molar-refractivity contribution in [1.82, 2.24) is 15.3 Å². The molecule has 8 N–H and O–H groups in total. The van der Waals surface area contributed by atoms with Gasteiger partial charge in [0.05, 0.1) is 23.9 Å². The summed E-state index contributed by atoms with van der Waals surface area (Å²) < 4.78 is 0. The number of aryl methyl sites for hydroxylation is 1. The number of benzene rings is 4. The van der Waals surface area contributed by atoms with Crippen LogP contribution in [-0.2, 0) is 18.3 Å². The van der Waals surface area contributed by atoms with E-state index in [-0.39, 0.29) is 68.4 Å². The Balaban J connectivity index is 0.913. The molecule has 4 aromatic carbocycles. The molecule has 63 heavy (non-hydrogen) atoms. The minimum Gasteiger partial charge on any atom is -0.507 e. The van der Waals surface area contributed by atoms with Gasteiger partial charge < -0.3 is 35.6 Å². The van der Waals surface area contributed by atoms with Crippen molar-refractivity contribution < 1.29 is 30.6 Å². The van der Waals surface area contributed by atoms with E-state index in [9.17, 15) is 30.6 Å². The molecular formula is C54H53N3O6. The molecule has 5 aromatic rings. The van der Waals surface area contributed by atoms with Crippen LogP contribution < -0.4 is 5.32 Å². The summed E-state index contributed by atoms with van der Waals surface area (Å²) in [6.45, 7) is 0. The molecule has 0 bridgehead atoms. The largest absolute Gasteiger partial charge is 0.507 e. The molecule has 2 heterocycles. The van der Waals surface area contributed by atoms with E-state index in [1.54, 1.807) is 24.3 Å². The standard InChI is InChI=1S/C54H53N3O6/c58-41-18-11-31(25-44(41)61)9-16-38-39-6-1-7-42(59)46(39)49(63)48(62)40(38)17-10-30-8-15-37-32(24-30)12-13-33-26-34-27-36-5-3-21-53(36)23-22-52-20-2-4-35(52)14-19-43(60)50(52)54(53,45-28-55-29-56-45)51(34)57-47(33)37/h1,6-9,11-16,18-19,24-29,35-36,43,47,50-51,57-63H,2-5,10,17,20-23H2,(H,55,56)/b16-9+/t35-,36+,43-,47+,50-,51+,52+,53-,54+/m0/s1. The number of hydrogen-bond acceptors (Lipinski definition) is 8. The summed E-state index contributed by atoms with van der Waals surface area (Å²) in [4.78, 5) is 8.44. The van der Waals surface area contributed by atoms with Gasteiger partial charge in [0.25, 0.3) is 0 Å². The first-order valence-corrected chi connectivity index (χ1v) is 22.9. The number of aliphatic hydroxyl groups excluding tert-OH is 1. The van der Waals surface area contributed by atoms with Crippen LogP contribution in [0, 0.1) is 28.6 Å². The molecule has 0 saturated heterocycles. The molecule has 3 fully saturated rings. The summed E-state index contributed by atoms with van der Waals surface area (Å²) in [6, 6.07) is 16.1. The highest BCUT2D eigenvalue weighted by Crippen LogP contribution is 2.76.